The topological polar surface area (TPSA) is 89.3 Å². The summed E-state index contributed by atoms with van der Waals surface area (Å²) in [4.78, 5) is 10.8. The van der Waals surface area contributed by atoms with Crippen LogP contribution in [0.15, 0.2) is 29.2 Å². The quantitative estimate of drug-likeness (QED) is 0.779. The Bertz CT molecular complexity index is 483. The molecule has 1 amide bonds. The summed E-state index contributed by atoms with van der Waals surface area (Å²) in [6, 6.07) is 6.49. The van der Waals surface area contributed by atoms with Gasteiger partial charge in [-0.05, 0) is 18.1 Å². The van der Waals surface area contributed by atoms with Crippen molar-refractivity contribution in [1.29, 1.82) is 0 Å². The Kier molecular flexibility index (Phi) is 4.03. The van der Waals surface area contributed by atoms with E-state index in [0.717, 1.165) is 0 Å². The van der Waals surface area contributed by atoms with E-state index in [0.29, 0.717) is 18.5 Å². The molecule has 1 aromatic rings. The predicted octanol–water partition coefficient (Wildman–Crippen LogP) is 0.0126. The third-order valence-corrected chi connectivity index (χ3v) is 3.06. The number of benzene rings is 1. The first kappa shape index (κ1) is 12.7. The number of nitrogens with one attached hydrogen (secondary N) is 1. The van der Waals surface area contributed by atoms with E-state index in [-0.39, 0.29) is 10.8 Å². The van der Waals surface area contributed by atoms with E-state index in [4.69, 9.17) is 5.14 Å². The molecule has 0 aromatic heterocycles. The van der Waals surface area contributed by atoms with Crippen molar-refractivity contribution >= 4 is 15.9 Å². The average Bonchev–Trinajstić information content (AvgIpc) is 2.16. The number of hydrogen-bond acceptors (Lipinski definition) is 3. The summed E-state index contributed by atoms with van der Waals surface area (Å²) in [5.41, 5.74) is 0.610. The second-order valence-corrected chi connectivity index (χ2v) is 4.92. The molecule has 5 nitrogen and oxygen atoms in total. The minimum atomic E-state index is -3.70. The third kappa shape index (κ3) is 3.63. The molecule has 6 heteroatoms. The van der Waals surface area contributed by atoms with Crippen LogP contribution in [0, 0.1) is 0 Å². The van der Waals surface area contributed by atoms with Crippen molar-refractivity contribution in [2.45, 2.75) is 18.2 Å². The molecular weight excluding hydrogens is 228 g/mol. The van der Waals surface area contributed by atoms with Crippen LogP contribution in [0.3, 0.4) is 0 Å². The average molecular weight is 242 g/mol. The summed E-state index contributed by atoms with van der Waals surface area (Å²) in [5.74, 6) is -0.145. The molecule has 16 heavy (non-hydrogen) atoms. The summed E-state index contributed by atoms with van der Waals surface area (Å²) in [7, 11) is -3.70. The van der Waals surface area contributed by atoms with Gasteiger partial charge in [-0.15, -0.1) is 0 Å². The summed E-state index contributed by atoms with van der Waals surface area (Å²) in [6.07, 6.45) is 0.437. The van der Waals surface area contributed by atoms with Gasteiger partial charge in [-0.2, -0.15) is 0 Å². The van der Waals surface area contributed by atoms with Gasteiger partial charge in [0.05, 0.1) is 4.90 Å². The van der Waals surface area contributed by atoms with Gasteiger partial charge in [0.2, 0.25) is 15.9 Å². The van der Waals surface area contributed by atoms with Crippen LogP contribution in [-0.4, -0.2) is 20.9 Å². The number of rotatable bonds is 4. The molecule has 1 aromatic carbocycles. The molecule has 0 bridgehead atoms. The van der Waals surface area contributed by atoms with E-state index < -0.39 is 10.0 Å². The Morgan fingerprint density at radius 3 is 2.56 bits per heavy atom. The molecule has 0 saturated heterocycles. The maximum Gasteiger partial charge on any atom is 0.238 e. The zero-order valence-corrected chi connectivity index (χ0v) is 9.75. The third-order valence-electron chi connectivity index (χ3n) is 2.05. The summed E-state index contributed by atoms with van der Waals surface area (Å²) in [6.45, 7) is 1.80. The minimum absolute atomic E-state index is 0.111. The molecule has 0 atom stereocenters. The van der Waals surface area contributed by atoms with Crippen LogP contribution in [0.4, 0.5) is 0 Å². The van der Waals surface area contributed by atoms with E-state index in [1.807, 2.05) is 0 Å². The minimum Gasteiger partial charge on any atom is -0.356 e. The van der Waals surface area contributed by atoms with Gasteiger partial charge in [-0.1, -0.05) is 18.2 Å². The molecule has 0 heterocycles. The number of carbonyl (C=O) groups excluding carboxylic acids is 1. The van der Waals surface area contributed by atoms with Crippen molar-refractivity contribution in [3.63, 3.8) is 0 Å². The van der Waals surface area contributed by atoms with Gasteiger partial charge in [0.1, 0.15) is 0 Å². The lowest BCUT2D eigenvalue weighted by molar-refractivity contribution is -0.118. The zero-order valence-electron chi connectivity index (χ0n) is 8.93. The molecule has 0 aliphatic carbocycles. The fraction of sp³-hybridized carbons (Fsp3) is 0.300. The number of sulfonamides is 1. The normalized spacial score (nSPS) is 11.1. The highest BCUT2D eigenvalue weighted by Crippen LogP contribution is 2.13. The van der Waals surface area contributed by atoms with Gasteiger partial charge in [-0.25, -0.2) is 13.6 Å². The molecule has 0 saturated carbocycles. The molecule has 0 aliphatic rings. The monoisotopic (exact) mass is 242 g/mol. The molecule has 1 rings (SSSR count). The lowest BCUT2D eigenvalue weighted by Crippen LogP contribution is -2.23. The van der Waals surface area contributed by atoms with Crippen LogP contribution < -0.4 is 10.5 Å². The largest absolute Gasteiger partial charge is 0.356 e. The number of carbonyl (C=O) groups is 1. The van der Waals surface area contributed by atoms with Crippen LogP contribution in [0.25, 0.3) is 0 Å². The smallest absolute Gasteiger partial charge is 0.238 e. The van der Waals surface area contributed by atoms with Crippen LogP contribution in [0.2, 0.25) is 0 Å². The lowest BCUT2D eigenvalue weighted by Gasteiger charge is -2.07. The van der Waals surface area contributed by atoms with E-state index in [2.05, 4.69) is 5.32 Å². The van der Waals surface area contributed by atoms with Crippen LogP contribution in [0.5, 0.6) is 0 Å². The fourth-order valence-electron chi connectivity index (χ4n) is 1.36. The maximum atomic E-state index is 11.2. The first-order chi connectivity index (χ1) is 7.41. The second-order valence-electron chi connectivity index (χ2n) is 3.39. The van der Waals surface area contributed by atoms with Crippen LogP contribution in [-0.2, 0) is 21.2 Å². The summed E-state index contributed by atoms with van der Waals surface area (Å²) < 4.78 is 22.5. The van der Waals surface area contributed by atoms with Gasteiger partial charge < -0.3 is 5.32 Å². The Morgan fingerprint density at radius 2 is 2.00 bits per heavy atom. The maximum absolute atomic E-state index is 11.2. The van der Waals surface area contributed by atoms with Gasteiger partial charge >= 0.3 is 0 Å². The van der Waals surface area contributed by atoms with E-state index in [1.165, 1.54) is 13.0 Å². The summed E-state index contributed by atoms with van der Waals surface area (Å²) in [5, 5.41) is 7.67. The highest BCUT2D eigenvalue weighted by molar-refractivity contribution is 7.89. The number of primary sulfonamides is 1. The molecule has 3 N–H and O–H groups in total. The van der Waals surface area contributed by atoms with Gasteiger partial charge in [0.25, 0.3) is 0 Å². The van der Waals surface area contributed by atoms with Crippen molar-refractivity contribution in [3.05, 3.63) is 29.8 Å². The van der Waals surface area contributed by atoms with Gasteiger partial charge in [0.15, 0.2) is 0 Å². The zero-order chi connectivity index (χ0) is 12.2. The standard InChI is InChI=1S/C10H14N2O3S/c1-8(13)12-7-6-9-4-2-3-5-10(9)16(11,14)15/h2-5H,6-7H2,1H3,(H,12,13)(H2,11,14,15). The highest BCUT2D eigenvalue weighted by Gasteiger charge is 2.12. The Morgan fingerprint density at radius 1 is 1.38 bits per heavy atom. The Balaban J connectivity index is 2.84. The molecule has 0 unspecified atom stereocenters. The highest BCUT2D eigenvalue weighted by atomic mass is 32.2. The molecule has 0 radical (unpaired) electrons. The Labute approximate surface area is 94.7 Å². The van der Waals surface area contributed by atoms with Crippen LogP contribution >= 0.6 is 0 Å². The van der Waals surface area contributed by atoms with E-state index in [1.54, 1.807) is 18.2 Å². The molecule has 0 spiro atoms. The first-order valence-corrected chi connectivity index (χ1v) is 6.31. The molecule has 88 valence electrons. The van der Waals surface area contributed by atoms with Crippen molar-refractivity contribution in [2.75, 3.05) is 6.54 Å². The molecular formula is C10H14N2O3S. The summed E-state index contributed by atoms with van der Waals surface area (Å²) >= 11 is 0. The van der Waals surface area contributed by atoms with E-state index >= 15 is 0 Å². The number of nitrogens with two attached hydrogens (primary N) is 1. The first-order valence-electron chi connectivity index (χ1n) is 4.76. The molecule has 0 aliphatic heterocycles. The van der Waals surface area contributed by atoms with Gasteiger partial charge in [-0.3, -0.25) is 4.79 Å². The predicted molar refractivity (Wildman–Crippen MR) is 60.2 cm³/mol. The molecule has 0 fully saturated rings. The number of hydrogen-bond donors (Lipinski definition) is 2. The van der Waals surface area contributed by atoms with Crippen molar-refractivity contribution < 1.29 is 13.2 Å². The van der Waals surface area contributed by atoms with Crippen molar-refractivity contribution in [1.82, 2.24) is 5.32 Å². The lowest BCUT2D eigenvalue weighted by atomic mass is 10.1. The van der Waals surface area contributed by atoms with Crippen molar-refractivity contribution in [2.24, 2.45) is 5.14 Å². The fourth-order valence-corrected chi connectivity index (χ4v) is 2.16. The Hall–Kier alpha value is -1.40. The van der Waals surface area contributed by atoms with Crippen molar-refractivity contribution in [3.8, 4) is 0 Å². The van der Waals surface area contributed by atoms with Gasteiger partial charge in [0, 0.05) is 13.5 Å². The SMILES string of the molecule is CC(=O)NCCc1ccccc1S(N)(=O)=O. The van der Waals surface area contributed by atoms with E-state index in [9.17, 15) is 13.2 Å². The number of amides is 1. The van der Waals surface area contributed by atoms with Crippen LogP contribution in [0.1, 0.15) is 12.5 Å². The second kappa shape index (κ2) is 5.09.